The molecule has 2 heterocycles. The van der Waals surface area contributed by atoms with Gasteiger partial charge in [-0.25, -0.2) is 4.98 Å². The third kappa shape index (κ3) is 3.33. The topological polar surface area (TPSA) is 47.4 Å². The van der Waals surface area contributed by atoms with E-state index in [4.69, 9.17) is 4.74 Å². The molecule has 7 heteroatoms. The molecule has 0 amide bonds. The fourth-order valence-electron chi connectivity index (χ4n) is 2.50. The number of carbonyl (C=O) groups is 1. The van der Waals surface area contributed by atoms with Crippen molar-refractivity contribution in [3.63, 3.8) is 0 Å². The van der Waals surface area contributed by atoms with Gasteiger partial charge in [-0.15, -0.1) is 0 Å². The van der Waals surface area contributed by atoms with Gasteiger partial charge in [0.1, 0.15) is 12.6 Å². The number of carbonyl (C=O) groups excluding carboxylic acids is 1. The number of nitrogens with zero attached hydrogens (tertiary/aromatic N) is 3. The summed E-state index contributed by atoms with van der Waals surface area (Å²) in [6, 6.07) is -0.260. The van der Waals surface area contributed by atoms with Crippen LogP contribution in [0.5, 0.6) is 0 Å². The monoisotopic (exact) mass is 287 g/mol. The van der Waals surface area contributed by atoms with Gasteiger partial charge in [-0.1, -0.05) is 13.3 Å². The van der Waals surface area contributed by atoms with Crippen molar-refractivity contribution in [3.8, 4) is 0 Å². The van der Waals surface area contributed by atoms with E-state index in [0.29, 0.717) is 4.57 Å². The Morgan fingerprint density at radius 3 is 3.05 bits per heavy atom. The second-order valence-corrected chi connectivity index (χ2v) is 4.78. The van der Waals surface area contributed by atoms with Crippen LogP contribution in [0, 0.1) is 0 Å². The van der Waals surface area contributed by atoms with Gasteiger partial charge >= 0.3 is 12.5 Å². The number of likely N-dealkylation sites (N-methyl/N-ethyl adjacent to an activating group) is 1. The van der Waals surface area contributed by atoms with E-state index in [9.17, 15) is 13.6 Å². The Morgan fingerprint density at radius 1 is 1.55 bits per heavy atom. The summed E-state index contributed by atoms with van der Waals surface area (Å²) in [6.07, 6.45) is 5.27. The molecule has 1 atom stereocenters. The van der Waals surface area contributed by atoms with Crippen LogP contribution in [0.15, 0.2) is 12.4 Å². The standard InChI is InChI=1S/C13H19F2N3O2/c1-2-17-7-4-3-5-10(17)12(19)20-9-11-16-6-8-18(11)13(14)15/h6,8,10,13H,2-5,7,9H2,1H3. The molecule has 20 heavy (non-hydrogen) atoms. The fourth-order valence-corrected chi connectivity index (χ4v) is 2.50. The Balaban J connectivity index is 1.92. The average molecular weight is 287 g/mol. The van der Waals surface area contributed by atoms with Gasteiger partial charge in [0.25, 0.3) is 0 Å². The summed E-state index contributed by atoms with van der Waals surface area (Å²) in [6.45, 7) is 0.764. The highest BCUT2D eigenvalue weighted by Gasteiger charge is 2.29. The molecule has 1 aromatic heterocycles. The number of ether oxygens (including phenoxy) is 1. The van der Waals surface area contributed by atoms with Crippen molar-refractivity contribution in [3.05, 3.63) is 18.2 Å². The quantitative estimate of drug-likeness (QED) is 0.779. The predicted octanol–water partition coefficient (Wildman–Crippen LogP) is 2.20. The minimum Gasteiger partial charge on any atom is -0.456 e. The lowest BCUT2D eigenvalue weighted by atomic mass is 10.0. The maximum atomic E-state index is 12.6. The summed E-state index contributed by atoms with van der Waals surface area (Å²) < 4.78 is 31.1. The van der Waals surface area contributed by atoms with Crippen molar-refractivity contribution in [1.29, 1.82) is 0 Å². The number of imidazole rings is 1. The van der Waals surface area contributed by atoms with Gasteiger partial charge in [-0.3, -0.25) is 14.3 Å². The maximum absolute atomic E-state index is 12.6. The van der Waals surface area contributed by atoms with E-state index in [2.05, 4.69) is 9.88 Å². The Morgan fingerprint density at radius 2 is 2.35 bits per heavy atom. The van der Waals surface area contributed by atoms with Gasteiger partial charge in [0, 0.05) is 12.4 Å². The van der Waals surface area contributed by atoms with Gasteiger partial charge in [0.2, 0.25) is 0 Å². The normalized spacial score (nSPS) is 20.3. The van der Waals surface area contributed by atoms with E-state index in [-0.39, 0.29) is 24.4 Å². The molecule has 1 saturated heterocycles. The van der Waals surface area contributed by atoms with Crippen LogP contribution >= 0.6 is 0 Å². The molecule has 5 nitrogen and oxygen atoms in total. The molecule has 0 aliphatic carbocycles. The number of esters is 1. The maximum Gasteiger partial charge on any atom is 0.323 e. The number of likely N-dealkylation sites (tertiary alicyclic amines) is 1. The second kappa shape index (κ2) is 6.78. The number of hydrogen-bond acceptors (Lipinski definition) is 4. The van der Waals surface area contributed by atoms with Crippen LogP contribution < -0.4 is 0 Å². The summed E-state index contributed by atoms with van der Waals surface area (Å²) in [5, 5.41) is 0. The van der Waals surface area contributed by atoms with Crippen molar-refractivity contribution in [1.82, 2.24) is 14.5 Å². The molecular formula is C13H19F2N3O2. The van der Waals surface area contributed by atoms with Crippen LogP contribution in [0.4, 0.5) is 8.78 Å². The molecule has 1 aromatic rings. The van der Waals surface area contributed by atoms with Crippen molar-refractivity contribution < 1.29 is 18.3 Å². The number of aromatic nitrogens is 2. The lowest BCUT2D eigenvalue weighted by Gasteiger charge is -2.32. The molecule has 1 unspecified atom stereocenters. The Bertz CT molecular complexity index is 451. The van der Waals surface area contributed by atoms with Gasteiger partial charge in [0.15, 0.2) is 5.82 Å². The Labute approximate surface area is 116 Å². The molecule has 1 aliphatic rings. The number of piperidine rings is 1. The first-order valence-electron chi connectivity index (χ1n) is 6.84. The van der Waals surface area contributed by atoms with Gasteiger partial charge in [-0.2, -0.15) is 8.78 Å². The van der Waals surface area contributed by atoms with Crippen LogP contribution in [-0.2, 0) is 16.1 Å². The molecule has 0 aromatic carbocycles. The lowest BCUT2D eigenvalue weighted by molar-refractivity contribution is -0.153. The summed E-state index contributed by atoms with van der Waals surface area (Å²) in [5.41, 5.74) is 0. The molecule has 112 valence electrons. The molecule has 1 fully saturated rings. The van der Waals surface area contributed by atoms with Crippen molar-refractivity contribution in [2.45, 2.75) is 45.4 Å². The van der Waals surface area contributed by atoms with Gasteiger partial charge in [-0.05, 0) is 25.9 Å². The lowest BCUT2D eigenvalue weighted by Crippen LogP contribution is -2.45. The van der Waals surface area contributed by atoms with Gasteiger partial charge in [0.05, 0.1) is 0 Å². The van der Waals surface area contributed by atoms with E-state index >= 15 is 0 Å². The number of hydrogen-bond donors (Lipinski definition) is 0. The first-order valence-corrected chi connectivity index (χ1v) is 6.84. The molecule has 0 spiro atoms. The minimum absolute atomic E-state index is 0.0622. The number of halogens is 2. The highest BCUT2D eigenvalue weighted by Crippen LogP contribution is 2.19. The first-order chi connectivity index (χ1) is 9.63. The molecule has 2 rings (SSSR count). The average Bonchev–Trinajstić information content (AvgIpc) is 2.93. The van der Waals surface area contributed by atoms with E-state index in [1.807, 2.05) is 6.92 Å². The molecule has 0 bridgehead atoms. The van der Waals surface area contributed by atoms with Gasteiger partial charge < -0.3 is 4.74 Å². The van der Waals surface area contributed by atoms with E-state index < -0.39 is 6.55 Å². The molecule has 0 saturated carbocycles. The van der Waals surface area contributed by atoms with Crippen LogP contribution in [0.1, 0.15) is 38.6 Å². The first kappa shape index (κ1) is 14.9. The molecular weight excluding hydrogens is 268 g/mol. The third-order valence-electron chi connectivity index (χ3n) is 3.59. The van der Waals surface area contributed by atoms with Crippen LogP contribution in [-0.4, -0.2) is 39.6 Å². The van der Waals surface area contributed by atoms with E-state index in [1.165, 1.54) is 12.4 Å². The van der Waals surface area contributed by atoms with E-state index in [1.54, 1.807) is 0 Å². The van der Waals surface area contributed by atoms with E-state index in [0.717, 1.165) is 32.4 Å². The largest absolute Gasteiger partial charge is 0.456 e. The van der Waals surface area contributed by atoms with Crippen LogP contribution in [0.2, 0.25) is 0 Å². The summed E-state index contributed by atoms with van der Waals surface area (Å²) in [7, 11) is 0. The highest BCUT2D eigenvalue weighted by molar-refractivity contribution is 5.75. The smallest absolute Gasteiger partial charge is 0.323 e. The van der Waals surface area contributed by atoms with Crippen molar-refractivity contribution >= 4 is 5.97 Å². The highest BCUT2D eigenvalue weighted by atomic mass is 19.3. The SMILES string of the molecule is CCN1CCCCC1C(=O)OCc1nccn1C(F)F. The summed E-state index contributed by atoms with van der Waals surface area (Å²) >= 11 is 0. The molecule has 0 N–H and O–H groups in total. The predicted molar refractivity (Wildman–Crippen MR) is 68.2 cm³/mol. The second-order valence-electron chi connectivity index (χ2n) is 4.78. The number of alkyl halides is 2. The summed E-state index contributed by atoms with van der Waals surface area (Å²) in [5.74, 6) is -0.289. The van der Waals surface area contributed by atoms with Crippen molar-refractivity contribution in [2.75, 3.05) is 13.1 Å². The zero-order valence-electron chi connectivity index (χ0n) is 11.5. The Hall–Kier alpha value is -1.50. The molecule has 1 aliphatic heterocycles. The molecule has 0 radical (unpaired) electrons. The fraction of sp³-hybridized carbons (Fsp3) is 0.692. The minimum atomic E-state index is -2.67. The van der Waals surface area contributed by atoms with Crippen LogP contribution in [0.3, 0.4) is 0 Å². The van der Waals surface area contributed by atoms with Crippen molar-refractivity contribution in [2.24, 2.45) is 0 Å². The number of rotatable bonds is 5. The zero-order valence-corrected chi connectivity index (χ0v) is 11.5. The third-order valence-corrected chi connectivity index (χ3v) is 3.59. The van der Waals surface area contributed by atoms with Crippen LogP contribution in [0.25, 0.3) is 0 Å². The summed E-state index contributed by atoms with van der Waals surface area (Å²) in [4.78, 5) is 17.9. The Kier molecular flexibility index (Phi) is 5.05. The zero-order chi connectivity index (χ0) is 14.5.